The maximum Gasteiger partial charge on any atom is 0.332 e. The van der Waals surface area contributed by atoms with Crippen LogP contribution in [0.1, 0.15) is 38.5 Å². The summed E-state index contributed by atoms with van der Waals surface area (Å²) in [4.78, 5) is 10.5. The van der Waals surface area contributed by atoms with Gasteiger partial charge in [0.1, 0.15) is 0 Å². The third-order valence-corrected chi connectivity index (χ3v) is 3.37. The molecule has 4 heteroatoms. The van der Waals surface area contributed by atoms with Crippen LogP contribution in [0.5, 0.6) is 0 Å². The molecule has 0 spiro atoms. The van der Waals surface area contributed by atoms with E-state index >= 15 is 0 Å². The predicted molar refractivity (Wildman–Crippen MR) is 54.8 cm³/mol. The zero-order chi connectivity index (χ0) is 9.97. The summed E-state index contributed by atoms with van der Waals surface area (Å²) in [6, 6.07) is -0.559. The molecule has 0 aromatic heterocycles. The molecule has 2 unspecified atom stereocenters. The highest BCUT2D eigenvalue weighted by atomic mass is 16.2. The van der Waals surface area contributed by atoms with Crippen LogP contribution in [0.3, 0.4) is 0 Å². The van der Waals surface area contributed by atoms with Crippen LogP contribution in [0.2, 0.25) is 0 Å². The fourth-order valence-electron chi connectivity index (χ4n) is 2.69. The lowest BCUT2D eigenvalue weighted by atomic mass is 9.99. The second-order valence-electron chi connectivity index (χ2n) is 4.35. The minimum atomic E-state index is -0.559. The van der Waals surface area contributed by atoms with Gasteiger partial charge in [-0.05, 0) is 43.9 Å². The van der Waals surface area contributed by atoms with Crippen molar-refractivity contribution in [3.8, 4) is 0 Å². The van der Waals surface area contributed by atoms with Crippen LogP contribution in [0.25, 0.3) is 0 Å². The van der Waals surface area contributed by atoms with E-state index in [2.05, 4.69) is 10.5 Å². The second kappa shape index (κ2) is 3.98. The van der Waals surface area contributed by atoms with Gasteiger partial charge in [-0.15, -0.1) is 0 Å². The molecule has 0 aromatic rings. The number of nitrogens with one attached hydrogen (secondary N) is 1. The first-order chi connectivity index (χ1) is 6.75. The number of nitrogens with two attached hydrogens (primary N) is 1. The molecule has 14 heavy (non-hydrogen) atoms. The molecule has 0 heterocycles. The maximum absolute atomic E-state index is 10.5. The average Bonchev–Trinajstić information content (AvgIpc) is 2.46. The van der Waals surface area contributed by atoms with Crippen molar-refractivity contribution in [1.82, 2.24) is 5.43 Å². The zero-order valence-electron chi connectivity index (χ0n) is 8.33. The van der Waals surface area contributed by atoms with E-state index in [1.165, 1.54) is 32.1 Å². The molecule has 0 saturated heterocycles. The average molecular weight is 195 g/mol. The third kappa shape index (κ3) is 2.05. The van der Waals surface area contributed by atoms with Crippen LogP contribution in [-0.2, 0) is 0 Å². The number of carbonyl (C=O) groups excluding carboxylic acids is 1. The molecule has 2 atom stereocenters. The Morgan fingerprint density at radius 1 is 1.43 bits per heavy atom. The van der Waals surface area contributed by atoms with Crippen LogP contribution in [0, 0.1) is 11.8 Å². The Labute approximate surface area is 83.9 Å². The number of primary amides is 1. The van der Waals surface area contributed by atoms with Crippen molar-refractivity contribution in [2.45, 2.75) is 38.5 Å². The Balaban J connectivity index is 2.02. The fourth-order valence-corrected chi connectivity index (χ4v) is 2.69. The van der Waals surface area contributed by atoms with Gasteiger partial charge in [0.15, 0.2) is 0 Å². The Hall–Kier alpha value is -1.06. The van der Waals surface area contributed by atoms with E-state index in [1.807, 2.05) is 0 Å². The summed E-state index contributed by atoms with van der Waals surface area (Å²) < 4.78 is 0. The van der Waals surface area contributed by atoms with Gasteiger partial charge in [0, 0.05) is 5.71 Å². The van der Waals surface area contributed by atoms with Crippen LogP contribution in [0.4, 0.5) is 4.79 Å². The number of nitrogens with zero attached hydrogens (tertiary/aromatic N) is 1. The molecule has 0 aromatic carbocycles. The first-order valence-electron chi connectivity index (χ1n) is 5.37. The second-order valence-corrected chi connectivity index (χ2v) is 4.35. The monoisotopic (exact) mass is 195 g/mol. The van der Waals surface area contributed by atoms with Crippen LogP contribution in [0.15, 0.2) is 5.10 Å². The SMILES string of the molecule is NC(=O)NN=C1CCCC2CCC1C2. The van der Waals surface area contributed by atoms with E-state index in [0.29, 0.717) is 5.92 Å². The van der Waals surface area contributed by atoms with Gasteiger partial charge in [0.25, 0.3) is 0 Å². The minimum absolute atomic E-state index is 0.559. The number of hydrogen-bond acceptors (Lipinski definition) is 2. The van der Waals surface area contributed by atoms with E-state index in [-0.39, 0.29) is 0 Å². The lowest BCUT2D eigenvalue weighted by molar-refractivity contribution is 0.249. The molecule has 2 saturated carbocycles. The quantitative estimate of drug-likeness (QED) is 0.613. The normalized spacial score (nSPS) is 34.1. The highest BCUT2D eigenvalue weighted by molar-refractivity contribution is 5.88. The van der Waals surface area contributed by atoms with Crippen molar-refractivity contribution < 1.29 is 4.79 Å². The van der Waals surface area contributed by atoms with Gasteiger partial charge in [0.2, 0.25) is 0 Å². The molecule has 2 bridgehead atoms. The first-order valence-corrected chi connectivity index (χ1v) is 5.37. The predicted octanol–water partition coefficient (Wildman–Crippen LogP) is 1.61. The Morgan fingerprint density at radius 3 is 3.07 bits per heavy atom. The molecule has 2 aliphatic carbocycles. The third-order valence-electron chi connectivity index (χ3n) is 3.37. The molecule has 2 rings (SSSR count). The largest absolute Gasteiger partial charge is 0.350 e. The van der Waals surface area contributed by atoms with Crippen molar-refractivity contribution >= 4 is 11.7 Å². The Kier molecular flexibility index (Phi) is 2.70. The molecule has 78 valence electrons. The van der Waals surface area contributed by atoms with Gasteiger partial charge >= 0.3 is 6.03 Å². The van der Waals surface area contributed by atoms with Crippen molar-refractivity contribution in [1.29, 1.82) is 0 Å². The maximum atomic E-state index is 10.5. The van der Waals surface area contributed by atoms with Crippen molar-refractivity contribution in [3.05, 3.63) is 0 Å². The van der Waals surface area contributed by atoms with E-state index in [9.17, 15) is 4.79 Å². The summed E-state index contributed by atoms with van der Waals surface area (Å²) in [7, 11) is 0. The standard InChI is InChI=1S/C10H17N3O/c11-10(14)13-12-9-3-1-2-7-4-5-8(9)6-7/h7-8H,1-6H2,(H3,11,13,14). The molecule has 0 aliphatic heterocycles. The van der Waals surface area contributed by atoms with Crippen molar-refractivity contribution in [2.24, 2.45) is 22.7 Å². The summed E-state index contributed by atoms with van der Waals surface area (Å²) >= 11 is 0. The molecule has 3 N–H and O–H groups in total. The lowest BCUT2D eigenvalue weighted by Crippen LogP contribution is -2.27. The Morgan fingerprint density at radius 2 is 2.29 bits per heavy atom. The minimum Gasteiger partial charge on any atom is -0.350 e. The summed E-state index contributed by atoms with van der Waals surface area (Å²) in [6.45, 7) is 0. The number of hydrogen-bond donors (Lipinski definition) is 2. The van der Waals surface area contributed by atoms with Gasteiger partial charge in [-0.3, -0.25) is 0 Å². The van der Waals surface area contributed by atoms with Gasteiger partial charge in [-0.25, -0.2) is 10.2 Å². The summed E-state index contributed by atoms with van der Waals surface area (Å²) in [5.74, 6) is 1.51. The highest BCUT2D eigenvalue weighted by Crippen LogP contribution is 2.38. The first kappa shape index (κ1) is 9.49. The topological polar surface area (TPSA) is 67.5 Å². The van der Waals surface area contributed by atoms with Gasteiger partial charge in [-0.2, -0.15) is 5.10 Å². The van der Waals surface area contributed by atoms with E-state index in [4.69, 9.17) is 5.73 Å². The molecule has 2 aliphatic rings. The number of hydrazone groups is 1. The molecular weight excluding hydrogens is 178 g/mol. The number of amides is 2. The molecule has 2 amide bonds. The molecule has 2 fully saturated rings. The number of fused-ring (bicyclic) bond motifs is 2. The van der Waals surface area contributed by atoms with E-state index in [0.717, 1.165) is 18.1 Å². The van der Waals surface area contributed by atoms with Gasteiger partial charge in [0.05, 0.1) is 0 Å². The summed E-state index contributed by atoms with van der Waals surface area (Å²) in [5.41, 5.74) is 8.50. The zero-order valence-corrected chi connectivity index (χ0v) is 8.33. The number of rotatable bonds is 1. The van der Waals surface area contributed by atoms with E-state index < -0.39 is 6.03 Å². The summed E-state index contributed by atoms with van der Waals surface area (Å²) in [6.07, 6.45) is 7.40. The smallest absolute Gasteiger partial charge is 0.332 e. The van der Waals surface area contributed by atoms with Crippen LogP contribution < -0.4 is 11.2 Å². The molecular formula is C10H17N3O. The van der Waals surface area contributed by atoms with E-state index in [1.54, 1.807) is 0 Å². The summed E-state index contributed by atoms with van der Waals surface area (Å²) in [5, 5.41) is 4.11. The van der Waals surface area contributed by atoms with Crippen molar-refractivity contribution in [2.75, 3.05) is 0 Å². The fraction of sp³-hybridized carbons (Fsp3) is 0.800. The molecule has 4 nitrogen and oxygen atoms in total. The van der Waals surface area contributed by atoms with Crippen LogP contribution >= 0.6 is 0 Å². The number of carbonyl (C=O) groups is 1. The van der Waals surface area contributed by atoms with Crippen molar-refractivity contribution in [3.63, 3.8) is 0 Å². The lowest BCUT2D eigenvalue weighted by Gasteiger charge is -2.11. The van der Waals surface area contributed by atoms with Crippen LogP contribution in [-0.4, -0.2) is 11.7 Å². The van der Waals surface area contributed by atoms with Gasteiger partial charge < -0.3 is 5.73 Å². The molecule has 0 radical (unpaired) electrons. The van der Waals surface area contributed by atoms with Gasteiger partial charge in [-0.1, -0.05) is 6.42 Å². The number of urea groups is 1. The Bertz CT molecular complexity index is 262. The highest BCUT2D eigenvalue weighted by Gasteiger charge is 2.30.